The predicted octanol–water partition coefficient (Wildman–Crippen LogP) is 5.19. The van der Waals surface area contributed by atoms with Crippen LogP contribution in [0.1, 0.15) is 27.0 Å². The second kappa shape index (κ2) is 9.05. The first-order valence-electron chi connectivity index (χ1n) is 9.42. The summed E-state index contributed by atoms with van der Waals surface area (Å²) in [5.74, 6) is 0.781. The van der Waals surface area contributed by atoms with E-state index in [2.05, 4.69) is 4.74 Å². The lowest BCUT2D eigenvalue weighted by Crippen LogP contribution is -2.26. The molecule has 0 aliphatic heterocycles. The molecule has 0 aliphatic rings. The number of aryl methyl sites for hydroxylation is 1. The number of halogens is 2. The monoisotopic (exact) mass is 413 g/mol. The predicted molar refractivity (Wildman–Crippen MR) is 111 cm³/mol. The highest BCUT2D eigenvalue weighted by atomic mass is 19.3. The summed E-state index contributed by atoms with van der Waals surface area (Å²) in [6, 6.07) is 17.6. The first kappa shape index (κ1) is 21.5. The number of ether oxygens (including phenoxy) is 2. The molecular formula is C24H23F2O4+. The number of benzene rings is 3. The lowest BCUT2D eigenvalue weighted by Gasteiger charge is -2.16. The van der Waals surface area contributed by atoms with Gasteiger partial charge in [-0.1, -0.05) is 18.2 Å². The van der Waals surface area contributed by atoms with Crippen LogP contribution < -0.4 is 4.74 Å². The molecule has 0 unspecified atom stereocenters. The molecule has 6 heteroatoms. The Balaban J connectivity index is 1.80. The smallest absolute Gasteiger partial charge is 0.527 e. The Labute approximate surface area is 173 Å². The fourth-order valence-corrected chi connectivity index (χ4v) is 3.18. The van der Waals surface area contributed by atoms with Gasteiger partial charge in [0.25, 0.3) is 5.75 Å². The Morgan fingerprint density at radius 1 is 1.03 bits per heavy atom. The average molecular weight is 413 g/mol. The Morgan fingerprint density at radius 3 is 2.40 bits per heavy atom. The highest BCUT2D eigenvalue weighted by Gasteiger charge is 2.36. The van der Waals surface area contributed by atoms with Crippen LogP contribution in [0.15, 0.2) is 60.7 Å². The molecular weight excluding hydrogens is 390 g/mol. The molecule has 0 aliphatic carbocycles. The van der Waals surface area contributed by atoms with Gasteiger partial charge in [-0.25, -0.2) is 0 Å². The van der Waals surface area contributed by atoms with E-state index in [0.717, 1.165) is 34.1 Å². The lowest BCUT2D eigenvalue weighted by molar-refractivity contribution is -0.303. The molecule has 0 atom stereocenters. The van der Waals surface area contributed by atoms with Gasteiger partial charge >= 0.3 is 6.11 Å². The molecule has 30 heavy (non-hydrogen) atoms. The third-order valence-corrected chi connectivity index (χ3v) is 4.84. The Morgan fingerprint density at radius 2 is 1.77 bits per heavy atom. The lowest BCUT2D eigenvalue weighted by atomic mass is 9.93. The molecule has 3 aromatic rings. The molecule has 4 nitrogen and oxygen atoms in total. The standard InChI is InChI=1S/C24H22F2O4/c1-16-12-21(30-24(25,26)15-28)10-11-22(16)23-5-3-4-19(17(23)2)14-29-20-8-6-18(13-27)7-9-20/h3-13,28H,14-15H2,1-2H3/p+1. The number of aromatic hydroxyl groups is 1. The van der Waals surface area contributed by atoms with Crippen LogP contribution in [0.5, 0.6) is 11.5 Å². The van der Waals surface area contributed by atoms with E-state index in [1.54, 1.807) is 36.4 Å². The second-order valence-electron chi connectivity index (χ2n) is 7.00. The highest BCUT2D eigenvalue weighted by Crippen LogP contribution is 2.33. The molecule has 0 bridgehead atoms. The minimum Gasteiger partial charge on any atom is -0.527 e. The normalized spacial score (nSPS) is 11.2. The van der Waals surface area contributed by atoms with Gasteiger partial charge in [0, 0.05) is 17.7 Å². The summed E-state index contributed by atoms with van der Waals surface area (Å²) >= 11 is 0. The summed E-state index contributed by atoms with van der Waals surface area (Å²) in [5.41, 5.74) is 5.29. The van der Waals surface area contributed by atoms with Gasteiger partial charge < -0.3 is 14.6 Å². The largest absolute Gasteiger partial charge is 0.530 e. The van der Waals surface area contributed by atoms with Crippen LogP contribution in [-0.4, -0.2) is 28.8 Å². The van der Waals surface area contributed by atoms with Gasteiger partial charge in [0.2, 0.25) is 6.61 Å². The number of aldehydes is 1. The Hall–Kier alpha value is -3.25. The van der Waals surface area contributed by atoms with E-state index in [1.165, 1.54) is 6.07 Å². The number of hydrogen-bond donors (Lipinski definition) is 1. The van der Waals surface area contributed by atoms with Crippen molar-refractivity contribution in [3.63, 3.8) is 0 Å². The van der Waals surface area contributed by atoms with Crippen molar-refractivity contribution >= 4 is 6.29 Å². The number of carbonyl (C=O) groups excluding carboxylic acids is 1. The van der Waals surface area contributed by atoms with E-state index >= 15 is 0 Å². The summed E-state index contributed by atoms with van der Waals surface area (Å²) < 4.78 is 35.8. The zero-order valence-corrected chi connectivity index (χ0v) is 16.7. The summed E-state index contributed by atoms with van der Waals surface area (Å²) in [5, 5.41) is 8.71. The molecule has 0 amide bonds. The number of carbonyl (C=O) groups is 1. The number of rotatable bonds is 8. The molecule has 3 rings (SSSR count). The fourth-order valence-electron chi connectivity index (χ4n) is 3.18. The van der Waals surface area contributed by atoms with Gasteiger partial charge in [-0.15, -0.1) is 8.78 Å². The molecule has 0 spiro atoms. The Bertz CT molecular complexity index is 1030. The molecule has 2 N–H and O–H groups in total. The fraction of sp³-hybridized carbons (Fsp3) is 0.208. The first-order valence-corrected chi connectivity index (χ1v) is 9.42. The maximum absolute atomic E-state index is 13.3. The number of alkyl halides is 2. The maximum atomic E-state index is 13.3. The third kappa shape index (κ3) is 5.02. The van der Waals surface area contributed by atoms with Gasteiger partial charge in [-0.2, -0.15) is 0 Å². The van der Waals surface area contributed by atoms with Crippen molar-refractivity contribution in [2.45, 2.75) is 26.6 Å². The van der Waals surface area contributed by atoms with E-state index in [1.807, 2.05) is 32.0 Å². The van der Waals surface area contributed by atoms with Gasteiger partial charge in [0.1, 0.15) is 18.6 Å². The van der Waals surface area contributed by atoms with Crippen LogP contribution in [0, 0.1) is 13.8 Å². The molecule has 0 radical (unpaired) electrons. The quantitative estimate of drug-likeness (QED) is 0.408. The van der Waals surface area contributed by atoms with Crippen molar-refractivity contribution in [3.05, 3.63) is 82.9 Å². The Kier molecular flexibility index (Phi) is 6.47. The molecule has 3 aromatic carbocycles. The minimum absolute atomic E-state index is 0.117. The minimum atomic E-state index is -3.49. The van der Waals surface area contributed by atoms with Crippen LogP contribution in [0.4, 0.5) is 8.78 Å². The van der Waals surface area contributed by atoms with Crippen molar-refractivity contribution in [1.82, 2.24) is 0 Å². The van der Waals surface area contributed by atoms with Crippen LogP contribution in [-0.2, 0) is 6.61 Å². The summed E-state index contributed by atoms with van der Waals surface area (Å²) in [6.07, 6.45) is -2.71. The number of hydrogen-bond acceptors (Lipinski definition) is 3. The van der Waals surface area contributed by atoms with Gasteiger partial charge in [-0.05, 0) is 72.0 Å². The topological polar surface area (TPSA) is 59.3 Å². The molecule has 0 heterocycles. The van der Waals surface area contributed by atoms with Gasteiger partial charge in [0.15, 0.2) is 0 Å². The second-order valence-corrected chi connectivity index (χ2v) is 7.00. The molecule has 0 fully saturated rings. The van der Waals surface area contributed by atoms with E-state index < -0.39 is 12.7 Å². The zero-order valence-electron chi connectivity index (χ0n) is 16.7. The molecule has 156 valence electrons. The van der Waals surface area contributed by atoms with Crippen molar-refractivity contribution in [1.29, 1.82) is 0 Å². The van der Waals surface area contributed by atoms with Crippen LogP contribution in [0.2, 0.25) is 0 Å². The van der Waals surface area contributed by atoms with Crippen molar-refractivity contribution in [2.75, 3.05) is 6.61 Å². The highest BCUT2D eigenvalue weighted by molar-refractivity contribution is 5.75. The first-order chi connectivity index (χ1) is 14.3. The maximum Gasteiger partial charge on any atom is 0.530 e. The summed E-state index contributed by atoms with van der Waals surface area (Å²) in [6.45, 7) is 2.85. The molecule has 0 aromatic heterocycles. The number of aliphatic hydroxyl groups is 2. The van der Waals surface area contributed by atoms with Crippen molar-refractivity contribution in [2.24, 2.45) is 0 Å². The van der Waals surface area contributed by atoms with E-state index in [0.29, 0.717) is 17.9 Å². The van der Waals surface area contributed by atoms with E-state index in [-0.39, 0.29) is 5.75 Å². The van der Waals surface area contributed by atoms with Crippen molar-refractivity contribution < 1.29 is 28.2 Å². The number of aliphatic hydroxyl groups excluding tert-OH is 1. The SMILES string of the molecule is Cc1cc([OH+]C(F)(F)CO)ccc1-c1cccc(COc2ccc(C=O)cc2)c1C. The third-order valence-electron chi connectivity index (χ3n) is 4.84. The summed E-state index contributed by atoms with van der Waals surface area (Å²) in [7, 11) is 0. The van der Waals surface area contributed by atoms with Crippen LogP contribution >= 0.6 is 0 Å². The van der Waals surface area contributed by atoms with Crippen molar-refractivity contribution in [3.8, 4) is 22.6 Å². The van der Waals surface area contributed by atoms with Gasteiger partial charge in [-0.3, -0.25) is 4.79 Å². The van der Waals surface area contributed by atoms with Crippen LogP contribution in [0.3, 0.4) is 0 Å². The van der Waals surface area contributed by atoms with Gasteiger partial charge in [0.05, 0.1) is 0 Å². The average Bonchev–Trinajstić information content (AvgIpc) is 2.74. The van der Waals surface area contributed by atoms with E-state index in [9.17, 15) is 13.6 Å². The molecule has 0 saturated heterocycles. The van der Waals surface area contributed by atoms with Crippen LogP contribution in [0.25, 0.3) is 11.1 Å². The summed E-state index contributed by atoms with van der Waals surface area (Å²) in [4.78, 5) is 10.8. The van der Waals surface area contributed by atoms with E-state index in [4.69, 9.17) is 9.84 Å². The molecule has 0 saturated carbocycles. The zero-order chi connectivity index (χ0) is 21.7.